The highest BCUT2D eigenvalue weighted by molar-refractivity contribution is 7.88. The van der Waals surface area contributed by atoms with Crippen LogP contribution in [0, 0.1) is 0 Å². The Balaban J connectivity index is 2.24. The summed E-state index contributed by atoms with van der Waals surface area (Å²) in [6, 6.07) is 1.60. The van der Waals surface area contributed by atoms with Gasteiger partial charge in [0.2, 0.25) is 10.0 Å². The molecule has 3 N–H and O–H groups in total. The molecule has 6 nitrogen and oxygen atoms in total. The minimum absolute atomic E-state index is 0.279. The van der Waals surface area contributed by atoms with Gasteiger partial charge in [-0.05, 0) is 6.07 Å². The summed E-state index contributed by atoms with van der Waals surface area (Å²) in [6.07, 6.45) is 1.10. The van der Waals surface area contributed by atoms with Gasteiger partial charge < -0.3 is 10.4 Å². The molecule has 96 valence electrons. The highest BCUT2D eigenvalue weighted by Gasteiger charge is 2.05. The lowest BCUT2D eigenvalue weighted by Crippen LogP contribution is -2.30. The smallest absolute Gasteiger partial charge is 0.336 e. The minimum Gasteiger partial charge on any atom is -0.478 e. The van der Waals surface area contributed by atoms with Crippen molar-refractivity contribution < 1.29 is 18.3 Å². The van der Waals surface area contributed by atoms with E-state index in [1.54, 1.807) is 11.4 Å². The van der Waals surface area contributed by atoms with Crippen molar-refractivity contribution >= 4 is 27.3 Å². The molecule has 0 aliphatic rings. The molecule has 0 fully saturated rings. The zero-order valence-corrected chi connectivity index (χ0v) is 10.9. The zero-order valence-electron chi connectivity index (χ0n) is 9.26. The van der Waals surface area contributed by atoms with E-state index in [2.05, 4.69) is 10.0 Å². The van der Waals surface area contributed by atoms with Crippen LogP contribution in [0.2, 0.25) is 0 Å². The van der Waals surface area contributed by atoms with E-state index in [9.17, 15) is 13.2 Å². The van der Waals surface area contributed by atoms with Crippen molar-refractivity contribution in [2.24, 2.45) is 0 Å². The Bertz CT molecular complexity index is 481. The number of thiophene rings is 1. The number of nitrogens with one attached hydrogen (secondary N) is 2. The maximum absolute atomic E-state index is 10.7. The molecule has 0 saturated carbocycles. The first-order valence-electron chi connectivity index (χ1n) is 4.84. The first-order chi connectivity index (χ1) is 7.88. The molecule has 1 aromatic heterocycles. The van der Waals surface area contributed by atoms with E-state index < -0.39 is 16.0 Å². The summed E-state index contributed by atoms with van der Waals surface area (Å²) in [5, 5.41) is 13.3. The molecule has 0 aliphatic heterocycles. The Morgan fingerprint density at radius 1 is 1.47 bits per heavy atom. The number of carboxylic acid groups (broad SMARTS) is 1. The van der Waals surface area contributed by atoms with Crippen LogP contribution >= 0.6 is 11.3 Å². The molecule has 0 spiro atoms. The zero-order chi connectivity index (χ0) is 12.9. The van der Waals surface area contributed by atoms with Gasteiger partial charge in [-0.15, -0.1) is 11.3 Å². The summed E-state index contributed by atoms with van der Waals surface area (Å²) in [7, 11) is -3.14. The lowest BCUT2D eigenvalue weighted by Gasteiger charge is -2.03. The fourth-order valence-electron chi connectivity index (χ4n) is 1.12. The fourth-order valence-corrected chi connectivity index (χ4v) is 2.42. The second-order valence-corrected chi connectivity index (χ2v) is 6.28. The summed E-state index contributed by atoms with van der Waals surface area (Å²) in [5.74, 6) is -0.939. The van der Waals surface area contributed by atoms with Crippen LogP contribution in [0.3, 0.4) is 0 Å². The average Bonchev–Trinajstić information content (AvgIpc) is 2.64. The van der Waals surface area contributed by atoms with Crippen LogP contribution in [0.25, 0.3) is 0 Å². The van der Waals surface area contributed by atoms with Crippen molar-refractivity contribution in [3.8, 4) is 0 Å². The normalized spacial score (nSPS) is 11.6. The molecule has 1 aromatic rings. The Morgan fingerprint density at radius 3 is 2.71 bits per heavy atom. The first kappa shape index (κ1) is 14.1. The van der Waals surface area contributed by atoms with Crippen LogP contribution < -0.4 is 10.0 Å². The molecule has 8 heteroatoms. The number of aromatic carboxylic acids is 1. The third-order valence-corrected chi connectivity index (χ3v) is 3.53. The molecule has 17 heavy (non-hydrogen) atoms. The summed E-state index contributed by atoms with van der Waals surface area (Å²) in [5.41, 5.74) is 0.279. The van der Waals surface area contributed by atoms with Crippen LogP contribution in [-0.2, 0) is 16.6 Å². The van der Waals surface area contributed by atoms with Gasteiger partial charge in [-0.25, -0.2) is 17.9 Å². The molecule has 0 aliphatic carbocycles. The summed E-state index contributed by atoms with van der Waals surface area (Å²) < 4.78 is 23.8. The van der Waals surface area contributed by atoms with E-state index in [-0.39, 0.29) is 5.56 Å². The highest BCUT2D eigenvalue weighted by Crippen LogP contribution is 2.14. The Labute approximate surface area is 104 Å². The van der Waals surface area contributed by atoms with Gasteiger partial charge in [-0.3, -0.25) is 0 Å². The van der Waals surface area contributed by atoms with Crippen molar-refractivity contribution in [3.05, 3.63) is 21.9 Å². The number of hydrogen-bond acceptors (Lipinski definition) is 5. The van der Waals surface area contributed by atoms with Gasteiger partial charge in [-0.1, -0.05) is 0 Å². The van der Waals surface area contributed by atoms with Crippen LogP contribution in [0.15, 0.2) is 11.4 Å². The molecular weight excluding hydrogens is 264 g/mol. The van der Waals surface area contributed by atoms with Gasteiger partial charge in [-0.2, -0.15) is 0 Å². The molecule has 0 bridgehead atoms. The Kier molecular flexibility index (Phi) is 5.06. The standard InChI is InChI=1S/C9H14N2O4S2/c1-17(14,15)11-3-2-10-5-8-4-7(6-16-8)9(12)13/h4,6,10-11H,2-3,5H2,1H3,(H,12,13). The van der Waals surface area contributed by atoms with Gasteiger partial charge in [0, 0.05) is 29.9 Å². The van der Waals surface area contributed by atoms with Crippen LogP contribution in [-0.4, -0.2) is 38.8 Å². The van der Waals surface area contributed by atoms with Crippen molar-refractivity contribution in [2.45, 2.75) is 6.54 Å². The van der Waals surface area contributed by atoms with Crippen LogP contribution in [0.4, 0.5) is 0 Å². The van der Waals surface area contributed by atoms with Crippen LogP contribution in [0.1, 0.15) is 15.2 Å². The van der Waals surface area contributed by atoms with Gasteiger partial charge in [0.05, 0.1) is 11.8 Å². The molecule has 0 atom stereocenters. The molecule has 1 heterocycles. The molecule has 0 radical (unpaired) electrons. The topological polar surface area (TPSA) is 95.5 Å². The third kappa shape index (κ3) is 5.78. The lowest BCUT2D eigenvalue weighted by atomic mass is 10.3. The maximum Gasteiger partial charge on any atom is 0.336 e. The number of carboxylic acids is 1. The second kappa shape index (κ2) is 6.10. The van der Waals surface area contributed by atoms with E-state index in [4.69, 9.17) is 5.11 Å². The second-order valence-electron chi connectivity index (χ2n) is 3.45. The number of hydrogen-bond donors (Lipinski definition) is 3. The van der Waals surface area contributed by atoms with E-state index in [0.717, 1.165) is 11.1 Å². The minimum atomic E-state index is -3.14. The third-order valence-electron chi connectivity index (χ3n) is 1.87. The van der Waals surface area contributed by atoms with Gasteiger partial charge in [0.25, 0.3) is 0 Å². The first-order valence-corrected chi connectivity index (χ1v) is 7.61. The van der Waals surface area contributed by atoms with Gasteiger partial charge in [0.1, 0.15) is 0 Å². The molecule has 0 aromatic carbocycles. The predicted octanol–water partition coefficient (Wildman–Crippen LogP) is 0.0851. The summed E-state index contributed by atoms with van der Waals surface area (Å²) in [6.45, 7) is 1.34. The van der Waals surface area contributed by atoms with E-state index in [1.807, 2.05) is 0 Å². The molecule has 0 amide bonds. The SMILES string of the molecule is CS(=O)(=O)NCCNCc1cc(C(=O)O)cs1. The summed E-state index contributed by atoms with van der Waals surface area (Å²) in [4.78, 5) is 11.5. The molecule has 0 unspecified atom stereocenters. The Morgan fingerprint density at radius 2 is 2.18 bits per heavy atom. The summed E-state index contributed by atoms with van der Waals surface area (Å²) >= 11 is 1.36. The molecule has 0 saturated heterocycles. The Hall–Kier alpha value is -0.960. The highest BCUT2D eigenvalue weighted by atomic mass is 32.2. The van der Waals surface area contributed by atoms with Gasteiger partial charge >= 0.3 is 5.97 Å². The van der Waals surface area contributed by atoms with Crippen LogP contribution in [0.5, 0.6) is 0 Å². The quantitative estimate of drug-likeness (QED) is 0.614. The van der Waals surface area contributed by atoms with Gasteiger partial charge in [0.15, 0.2) is 0 Å². The number of rotatable bonds is 7. The van der Waals surface area contributed by atoms with Crippen molar-refractivity contribution in [1.29, 1.82) is 0 Å². The fraction of sp³-hybridized carbons (Fsp3) is 0.444. The van der Waals surface area contributed by atoms with Crippen molar-refractivity contribution in [3.63, 3.8) is 0 Å². The average molecular weight is 278 g/mol. The maximum atomic E-state index is 10.7. The van der Waals surface area contributed by atoms with Crippen molar-refractivity contribution in [1.82, 2.24) is 10.0 Å². The van der Waals surface area contributed by atoms with E-state index in [0.29, 0.717) is 19.6 Å². The largest absolute Gasteiger partial charge is 0.478 e. The van der Waals surface area contributed by atoms with E-state index in [1.165, 1.54) is 11.3 Å². The number of sulfonamides is 1. The molecular formula is C9H14N2O4S2. The predicted molar refractivity (Wildman–Crippen MR) is 65.8 cm³/mol. The lowest BCUT2D eigenvalue weighted by molar-refractivity contribution is 0.0697. The van der Waals surface area contributed by atoms with Crippen molar-refractivity contribution in [2.75, 3.05) is 19.3 Å². The number of carbonyl (C=O) groups is 1. The monoisotopic (exact) mass is 278 g/mol. The van der Waals surface area contributed by atoms with E-state index >= 15 is 0 Å². The molecule has 1 rings (SSSR count).